The lowest BCUT2D eigenvalue weighted by atomic mass is 10.2. The molecule has 1 heterocycles. The van der Waals surface area contributed by atoms with Crippen LogP contribution in [-0.2, 0) is 0 Å². The Labute approximate surface area is 164 Å². The largest absolute Gasteiger partial charge is 0.357 e. The van der Waals surface area contributed by atoms with Gasteiger partial charge < -0.3 is 15.5 Å². The quantitative estimate of drug-likeness (QED) is 0.348. The average molecular weight is 457 g/mol. The van der Waals surface area contributed by atoms with Gasteiger partial charge in [0, 0.05) is 50.1 Å². The van der Waals surface area contributed by atoms with Crippen LogP contribution in [0.25, 0.3) is 0 Å². The number of hydrogen-bond donors (Lipinski definition) is 2. The van der Waals surface area contributed by atoms with Crippen LogP contribution in [0.3, 0.4) is 0 Å². The summed E-state index contributed by atoms with van der Waals surface area (Å²) in [6.07, 6.45) is 2.14. The highest BCUT2D eigenvalue weighted by molar-refractivity contribution is 14.0. The Bertz CT molecular complexity index is 343. The monoisotopic (exact) mass is 457 g/mol. The van der Waals surface area contributed by atoms with E-state index in [0.29, 0.717) is 6.04 Å². The fraction of sp³-hybridized carbons (Fsp3) is 0.938. The second-order valence-electron chi connectivity index (χ2n) is 6.73. The van der Waals surface area contributed by atoms with Gasteiger partial charge in [-0.25, -0.2) is 0 Å². The molecule has 1 saturated heterocycles. The maximum Gasteiger partial charge on any atom is 0.191 e. The molecule has 23 heavy (non-hydrogen) atoms. The van der Waals surface area contributed by atoms with Gasteiger partial charge in [0.15, 0.2) is 5.96 Å². The van der Waals surface area contributed by atoms with Gasteiger partial charge in [-0.1, -0.05) is 0 Å². The topological polar surface area (TPSA) is 42.9 Å². The minimum Gasteiger partial charge on any atom is -0.357 e. The highest BCUT2D eigenvalue weighted by Gasteiger charge is 2.19. The van der Waals surface area contributed by atoms with E-state index in [1.807, 2.05) is 11.8 Å². The van der Waals surface area contributed by atoms with Crippen molar-refractivity contribution in [3.63, 3.8) is 0 Å². The first-order valence-corrected chi connectivity index (χ1v) is 9.60. The highest BCUT2D eigenvalue weighted by Crippen LogP contribution is 2.20. The van der Waals surface area contributed by atoms with E-state index < -0.39 is 0 Å². The molecule has 138 valence electrons. The molecular weight excluding hydrogens is 421 g/mol. The number of nitrogens with one attached hydrogen (secondary N) is 2. The number of piperazine rings is 1. The predicted molar refractivity (Wildman–Crippen MR) is 116 cm³/mol. The lowest BCUT2D eigenvalue weighted by molar-refractivity contribution is 0.120. The third-order valence-electron chi connectivity index (χ3n) is 4.24. The molecule has 0 spiro atoms. The summed E-state index contributed by atoms with van der Waals surface area (Å²) in [7, 11) is 2.20. The molecule has 7 heteroatoms. The van der Waals surface area contributed by atoms with Gasteiger partial charge >= 0.3 is 0 Å². The number of hydrogen-bond acceptors (Lipinski definition) is 4. The third-order valence-corrected chi connectivity index (χ3v) is 5.48. The van der Waals surface area contributed by atoms with Crippen molar-refractivity contribution < 1.29 is 0 Å². The van der Waals surface area contributed by atoms with Crippen LogP contribution in [0.5, 0.6) is 0 Å². The van der Waals surface area contributed by atoms with Gasteiger partial charge in [0.1, 0.15) is 0 Å². The number of aliphatic imine (C=N–C) groups is 1. The first kappa shape index (κ1) is 23.3. The molecule has 2 N–H and O–H groups in total. The number of likely N-dealkylation sites (N-methyl/N-ethyl adjacent to an activating group) is 1. The van der Waals surface area contributed by atoms with Crippen LogP contribution in [-0.4, -0.2) is 85.7 Å². The van der Waals surface area contributed by atoms with Crippen molar-refractivity contribution in [3.05, 3.63) is 0 Å². The minimum atomic E-state index is 0. The van der Waals surface area contributed by atoms with E-state index in [-0.39, 0.29) is 28.7 Å². The van der Waals surface area contributed by atoms with Crippen LogP contribution in [0.2, 0.25) is 0 Å². The molecule has 1 rings (SSSR count). The van der Waals surface area contributed by atoms with Gasteiger partial charge in [-0.15, -0.1) is 24.0 Å². The van der Waals surface area contributed by atoms with Crippen molar-refractivity contribution in [3.8, 4) is 0 Å². The summed E-state index contributed by atoms with van der Waals surface area (Å²) in [5, 5.41) is 6.85. The molecule has 0 aromatic carbocycles. The molecule has 0 aromatic rings. The van der Waals surface area contributed by atoms with E-state index in [2.05, 4.69) is 61.4 Å². The van der Waals surface area contributed by atoms with Crippen LogP contribution in [0.15, 0.2) is 4.99 Å². The zero-order chi connectivity index (χ0) is 16.6. The Morgan fingerprint density at radius 2 is 1.83 bits per heavy atom. The van der Waals surface area contributed by atoms with Gasteiger partial charge in [-0.3, -0.25) is 9.89 Å². The number of rotatable bonds is 7. The molecule has 0 aromatic heterocycles. The molecule has 1 aliphatic heterocycles. The summed E-state index contributed by atoms with van der Waals surface area (Å²) in [6.45, 7) is 16.2. The predicted octanol–water partition coefficient (Wildman–Crippen LogP) is 1.94. The van der Waals surface area contributed by atoms with Crippen LogP contribution in [0, 0.1) is 0 Å². The summed E-state index contributed by atoms with van der Waals surface area (Å²) in [5.41, 5.74) is 0. The lowest BCUT2D eigenvalue weighted by Gasteiger charge is -2.36. The molecule has 1 atom stereocenters. The second-order valence-corrected chi connectivity index (χ2v) is 8.24. The first-order chi connectivity index (χ1) is 10.4. The molecular formula is C16H36IN5S. The van der Waals surface area contributed by atoms with Crippen molar-refractivity contribution in [2.75, 3.05) is 59.1 Å². The summed E-state index contributed by atoms with van der Waals surface area (Å²) in [5.74, 6) is 0.936. The standard InChI is InChI=1S/C16H35N5S.HI/c1-7-17-15(19-13-16(3,4)22-6)18-12-14(2)21-10-8-20(5)9-11-21;/h14H,7-13H2,1-6H3,(H2,17,18,19);1H. The van der Waals surface area contributed by atoms with E-state index in [9.17, 15) is 0 Å². The molecule has 5 nitrogen and oxygen atoms in total. The molecule has 1 unspecified atom stereocenters. The third kappa shape index (κ3) is 9.36. The van der Waals surface area contributed by atoms with E-state index >= 15 is 0 Å². The lowest BCUT2D eigenvalue weighted by Crippen LogP contribution is -2.52. The zero-order valence-electron chi connectivity index (χ0n) is 15.7. The maximum absolute atomic E-state index is 4.73. The van der Waals surface area contributed by atoms with E-state index in [0.717, 1.165) is 38.7 Å². The number of thioether (sulfide) groups is 1. The molecule has 0 aliphatic carbocycles. The van der Waals surface area contributed by atoms with Crippen molar-refractivity contribution in [1.82, 2.24) is 20.4 Å². The fourth-order valence-corrected chi connectivity index (χ4v) is 2.51. The summed E-state index contributed by atoms with van der Waals surface area (Å²) >= 11 is 1.86. The van der Waals surface area contributed by atoms with Crippen LogP contribution < -0.4 is 10.6 Å². The average Bonchev–Trinajstić information content (AvgIpc) is 2.50. The van der Waals surface area contributed by atoms with E-state index in [1.54, 1.807) is 0 Å². The normalized spacial score (nSPS) is 19.1. The van der Waals surface area contributed by atoms with Crippen molar-refractivity contribution in [2.24, 2.45) is 4.99 Å². The molecule has 0 saturated carbocycles. The minimum absolute atomic E-state index is 0. The Kier molecular flexibility index (Phi) is 11.9. The fourth-order valence-electron chi connectivity index (χ4n) is 2.31. The molecule has 1 aliphatic rings. The van der Waals surface area contributed by atoms with Crippen LogP contribution in [0.4, 0.5) is 0 Å². The Morgan fingerprint density at radius 1 is 1.22 bits per heavy atom. The highest BCUT2D eigenvalue weighted by atomic mass is 127. The summed E-state index contributed by atoms with van der Waals surface area (Å²) < 4.78 is 0.186. The van der Waals surface area contributed by atoms with Gasteiger partial charge in [0.2, 0.25) is 0 Å². The SMILES string of the molecule is CCNC(=NCC(C)(C)SC)NCC(C)N1CCN(C)CC1.I. The summed E-state index contributed by atoms with van der Waals surface area (Å²) in [6, 6.07) is 0.533. The molecule has 1 fully saturated rings. The molecule has 0 amide bonds. The Morgan fingerprint density at radius 3 is 2.35 bits per heavy atom. The Hall–Kier alpha value is 0.270. The number of halogens is 1. The maximum atomic E-state index is 4.73. The van der Waals surface area contributed by atoms with Crippen LogP contribution in [0.1, 0.15) is 27.7 Å². The first-order valence-electron chi connectivity index (χ1n) is 8.38. The summed E-state index contributed by atoms with van der Waals surface area (Å²) in [4.78, 5) is 9.69. The van der Waals surface area contributed by atoms with Gasteiger partial charge in [0.05, 0.1) is 6.54 Å². The number of guanidine groups is 1. The smallest absolute Gasteiger partial charge is 0.191 e. The van der Waals surface area contributed by atoms with Crippen molar-refractivity contribution in [1.29, 1.82) is 0 Å². The van der Waals surface area contributed by atoms with E-state index in [1.165, 1.54) is 13.1 Å². The molecule has 0 radical (unpaired) electrons. The van der Waals surface area contributed by atoms with Crippen molar-refractivity contribution >= 4 is 41.7 Å². The second kappa shape index (κ2) is 11.8. The zero-order valence-corrected chi connectivity index (χ0v) is 18.8. The Balaban J connectivity index is 0.00000484. The van der Waals surface area contributed by atoms with E-state index in [4.69, 9.17) is 4.99 Å². The molecule has 0 bridgehead atoms. The van der Waals surface area contributed by atoms with Gasteiger partial charge in [0.25, 0.3) is 0 Å². The van der Waals surface area contributed by atoms with Gasteiger partial charge in [-0.05, 0) is 41.0 Å². The van der Waals surface area contributed by atoms with Crippen molar-refractivity contribution in [2.45, 2.75) is 38.5 Å². The van der Waals surface area contributed by atoms with Gasteiger partial charge in [-0.2, -0.15) is 11.8 Å². The van der Waals surface area contributed by atoms with Crippen LogP contribution >= 0.6 is 35.7 Å². The number of nitrogens with zero attached hydrogens (tertiary/aromatic N) is 3.